The van der Waals surface area contributed by atoms with Crippen LogP contribution in [0.4, 0.5) is 0 Å². The molecule has 0 radical (unpaired) electrons. The van der Waals surface area contributed by atoms with Gasteiger partial charge in [0, 0.05) is 19.9 Å². The topological polar surface area (TPSA) is 87.8 Å². The molecule has 0 atom stereocenters. The normalized spacial score (nSPS) is 17.3. The molecule has 1 aliphatic heterocycles. The molecule has 0 spiro atoms. The molecule has 0 aromatic rings. The minimum atomic E-state index is -0.436. The SMILES string of the molecule is CN1N=C(C(=O)NN)CCC1=O. The van der Waals surface area contributed by atoms with Crippen molar-refractivity contribution in [3.8, 4) is 0 Å². The first-order chi connectivity index (χ1) is 5.65. The van der Waals surface area contributed by atoms with E-state index in [1.165, 1.54) is 7.05 Å². The average Bonchev–Trinajstić information content (AvgIpc) is 2.08. The van der Waals surface area contributed by atoms with E-state index in [4.69, 9.17) is 5.84 Å². The molecule has 0 aliphatic carbocycles. The molecule has 0 fully saturated rings. The maximum atomic E-state index is 10.9. The van der Waals surface area contributed by atoms with E-state index in [1.807, 2.05) is 5.43 Å². The Balaban J connectivity index is 2.74. The van der Waals surface area contributed by atoms with Crippen molar-refractivity contribution in [2.75, 3.05) is 7.05 Å². The van der Waals surface area contributed by atoms with Crippen molar-refractivity contribution in [3.05, 3.63) is 0 Å². The number of nitrogens with one attached hydrogen (secondary N) is 1. The summed E-state index contributed by atoms with van der Waals surface area (Å²) in [5, 5.41) is 4.89. The fourth-order valence-electron chi connectivity index (χ4n) is 0.916. The van der Waals surface area contributed by atoms with E-state index in [0.29, 0.717) is 18.6 Å². The molecular weight excluding hydrogens is 160 g/mol. The van der Waals surface area contributed by atoms with Gasteiger partial charge in [-0.3, -0.25) is 15.0 Å². The lowest BCUT2D eigenvalue weighted by Crippen LogP contribution is -2.40. The summed E-state index contributed by atoms with van der Waals surface area (Å²) in [7, 11) is 1.51. The number of amides is 2. The second kappa shape index (κ2) is 3.31. The van der Waals surface area contributed by atoms with Gasteiger partial charge in [-0.2, -0.15) is 5.10 Å². The molecule has 3 N–H and O–H groups in total. The van der Waals surface area contributed by atoms with E-state index < -0.39 is 5.91 Å². The second-order valence-corrected chi connectivity index (χ2v) is 2.44. The van der Waals surface area contributed by atoms with Gasteiger partial charge in [0.15, 0.2) is 0 Å². The van der Waals surface area contributed by atoms with Gasteiger partial charge in [-0.1, -0.05) is 0 Å². The predicted octanol–water partition coefficient (Wildman–Crippen LogP) is -1.42. The largest absolute Gasteiger partial charge is 0.289 e. The smallest absolute Gasteiger partial charge is 0.281 e. The summed E-state index contributed by atoms with van der Waals surface area (Å²) >= 11 is 0. The zero-order valence-electron chi connectivity index (χ0n) is 6.70. The number of carbonyl (C=O) groups excluding carboxylic acids is 2. The highest BCUT2D eigenvalue weighted by Crippen LogP contribution is 2.06. The Hall–Kier alpha value is -1.43. The Kier molecular flexibility index (Phi) is 2.39. The first-order valence-electron chi connectivity index (χ1n) is 3.50. The lowest BCUT2D eigenvalue weighted by atomic mass is 10.1. The number of hydrazine groups is 1. The summed E-state index contributed by atoms with van der Waals surface area (Å²) < 4.78 is 0. The Morgan fingerprint density at radius 2 is 2.33 bits per heavy atom. The van der Waals surface area contributed by atoms with Crippen LogP contribution in [0.3, 0.4) is 0 Å². The van der Waals surface area contributed by atoms with Crippen LogP contribution in [0, 0.1) is 0 Å². The fraction of sp³-hybridized carbons (Fsp3) is 0.500. The van der Waals surface area contributed by atoms with Gasteiger partial charge < -0.3 is 0 Å². The second-order valence-electron chi connectivity index (χ2n) is 2.44. The van der Waals surface area contributed by atoms with E-state index in [-0.39, 0.29) is 5.91 Å². The zero-order valence-corrected chi connectivity index (χ0v) is 6.70. The van der Waals surface area contributed by atoms with Gasteiger partial charge in [-0.25, -0.2) is 10.9 Å². The van der Waals surface area contributed by atoms with Gasteiger partial charge in [0.25, 0.3) is 5.91 Å². The Morgan fingerprint density at radius 1 is 1.67 bits per heavy atom. The lowest BCUT2D eigenvalue weighted by Gasteiger charge is -2.17. The van der Waals surface area contributed by atoms with Gasteiger partial charge in [-0.15, -0.1) is 0 Å². The molecule has 0 aromatic heterocycles. The maximum absolute atomic E-state index is 10.9. The number of hydrazone groups is 1. The van der Waals surface area contributed by atoms with E-state index in [1.54, 1.807) is 0 Å². The van der Waals surface area contributed by atoms with Gasteiger partial charge in [-0.05, 0) is 0 Å². The minimum Gasteiger partial charge on any atom is -0.289 e. The highest BCUT2D eigenvalue weighted by Gasteiger charge is 2.20. The Labute approximate surface area is 69.4 Å². The maximum Gasteiger partial charge on any atom is 0.281 e. The molecule has 1 aliphatic rings. The molecule has 0 saturated heterocycles. The Bertz CT molecular complexity index is 248. The fourth-order valence-corrected chi connectivity index (χ4v) is 0.916. The van der Waals surface area contributed by atoms with Crippen LogP contribution < -0.4 is 11.3 Å². The first-order valence-corrected chi connectivity index (χ1v) is 3.50. The van der Waals surface area contributed by atoms with E-state index >= 15 is 0 Å². The summed E-state index contributed by atoms with van der Waals surface area (Å²) in [5.74, 6) is 4.37. The summed E-state index contributed by atoms with van der Waals surface area (Å²) in [6.45, 7) is 0. The summed E-state index contributed by atoms with van der Waals surface area (Å²) in [5.41, 5.74) is 2.25. The van der Waals surface area contributed by atoms with Crippen molar-refractivity contribution >= 4 is 17.5 Å². The van der Waals surface area contributed by atoms with Crippen molar-refractivity contribution in [1.29, 1.82) is 0 Å². The van der Waals surface area contributed by atoms with Crippen molar-refractivity contribution in [2.45, 2.75) is 12.8 Å². The molecule has 66 valence electrons. The van der Waals surface area contributed by atoms with E-state index in [9.17, 15) is 9.59 Å². The van der Waals surface area contributed by atoms with Crippen LogP contribution in [0.15, 0.2) is 5.10 Å². The van der Waals surface area contributed by atoms with Crippen LogP contribution in [0.1, 0.15) is 12.8 Å². The number of nitrogens with zero attached hydrogens (tertiary/aromatic N) is 2. The van der Waals surface area contributed by atoms with Gasteiger partial charge in [0.1, 0.15) is 5.71 Å². The summed E-state index contributed by atoms with van der Waals surface area (Å²) in [6, 6.07) is 0. The molecule has 0 unspecified atom stereocenters. The van der Waals surface area contributed by atoms with Crippen LogP contribution in [-0.4, -0.2) is 29.6 Å². The van der Waals surface area contributed by atoms with Gasteiger partial charge in [0.05, 0.1) is 0 Å². The number of hydrogen-bond donors (Lipinski definition) is 2. The molecular formula is C6H10N4O2. The Morgan fingerprint density at radius 3 is 2.83 bits per heavy atom. The standard InChI is InChI=1S/C6H10N4O2/c1-10-5(11)3-2-4(9-10)6(12)8-7/h2-3,7H2,1H3,(H,8,12). The van der Waals surface area contributed by atoms with Crippen molar-refractivity contribution in [2.24, 2.45) is 10.9 Å². The molecule has 2 amide bonds. The van der Waals surface area contributed by atoms with E-state index in [0.717, 1.165) is 5.01 Å². The molecule has 1 heterocycles. The minimum absolute atomic E-state index is 0.0939. The number of hydrogen-bond acceptors (Lipinski definition) is 4. The van der Waals surface area contributed by atoms with Crippen molar-refractivity contribution in [3.63, 3.8) is 0 Å². The molecule has 6 heteroatoms. The molecule has 6 nitrogen and oxygen atoms in total. The van der Waals surface area contributed by atoms with Crippen molar-refractivity contribution in [1.82, 2.24) is 10.4 Å². The third-order valence-electron chi connectivity index (χ3n) is 1.60. The predicted molar refractivity (Wildman–Crippen MR) is 41.8 cm³/mol. The molecule has 1 rings (SSSR count). The number of nitrogens with two attached hydrogens (primary N) is 1. The highest BCUT2D eigenvalue weighted by atomic mass is 16.2. The molecule has 0 aromatic carbocycles. The highest BCUT2D eigenvalue weighted by molar-refractivity contribution is 6.39. The summed E-state index contributed by atoms with van der Waals surface area (Å²) in [6.07, 6.45) is 0.662. The van der Waals surface area contributed by atoms with Gasteiger partial charge in [0.2, 0.25) is 5.91 Å². The number of rotatable bonds is 1. The van der Waals surface area contributed by atoms with Gasteiger partial charge >= 0.3 is 0 Å². The van der Waals surface area contributed by atoms with Crippen LogP contribution in [0.25, 0.3) is 0 Å². The van der Waals surface area contributed by atoms with Crippen LogP contribution >= 0.6 is 0 Å². The molecule has 0 saturated carbocycles. The quantitative estimate of drug-likeness (QED) is 0.288. The lowest BCUT2D eigenvalue weighted by molar-refractivity contribution is -0.130. The summed E-state index contributed by atoms with van der Waals surface area (Å²) in [4.78, 5) is 21.8. The average molecular weight is 170 g/mol. The van der Waals surface area contributed by atoms with Crippen LogP contribution in [0.2, 0.25) is 0 Å². The monoisotopic (exact) mass is 170 g/mol. The number of carbonyl (C=O) groups is 2. The van der Waals surface area contributed by atoms with Crippen molar-refractivity contribution < 1.29 is 9.59 Å². The van der Waals surface area contributed by atoms with Crippen LogP contribution in [-0.2, 0) is 9.59 Å². The zero-order chi connectivity index (χ0) is 9.14. The molecule has 12 heavy (non-hydrogen) atoms. The van der Waals surface area contributed by atoms with E-state index in [2.05, 4.69) is 5.10 Å². The van der Waals surface area contributed by atoms with Crippen LogP contribution in [0.5, 0.6) is 0 Å². The third kappa shape index (κ3) is 1.59. The molecule has 0 bridgehead atoms. The third-order valence-corrected chi connectivity index (χ3v) is 1.60. The first kappa shape index (κ1) is 8.66.